The zero-order valence-corrected chi connectivity index (χ0v) is 24.0. The highest BCUT2D eigenvalue weighted by Gasteiger charge is 2.69. The Morgan fingerprint density at radius 3 is 2.40 bits per heavy atom. The lowest BCUT2D eigenvalue weighted by Crippen LogP contribution is -2.74. The first kappa shape index (κ1) is 29.5. The lowest BCUT2D eigenvalue weighted by atomic mass is 9.52. The van der Waals surface area contributed by atoms with Crippen LogP contribution in [0, 0.1) is 34.9 Å². The van der Waals surface area contributed by atoms with Crippen LogP contribution in [0.2, 0.25) is 0 Å². The van der Waals surface area contributed by atoms with E-state index >= 15 is 4.39 Å². The highest BCUT2D eigenvalue weighted by Crippen LogP contribution is 2.51. The van der Waals surface area contributed by atoms with Crippen LogP contribution in [0.5, 0.6) is 5.75 Å². The van der Waals surface area contributed by atoms with Crippen LogP contribution >= 0.6 is 0 Å². The molecule has 0 bridgehead atoms. The van der Waals surface area contributed by atoms with Crippen molar-refractivity contribution in [1.29, 1.82) is 0 Å². The van der Waals surface area contributed by atoms with E-state index in [1.807, 2.05) is 4.90 Å². The molecule has 2 saturated carbocycles. The Balaban J connectivity index is 1.32. The average Bonchev–Trinajstić information content (AvgIpc) is 3.28. The summed E-state index contributed by atoms with van der Waals surface area (Å²) >= 11 is 0. The third-order valence-corrected chi connectivity index (χ3v) is 10.6. The Labute approximate surface area is 246 Å². The van der Waals surface area contributed by atoms with Crippen molar-refractivity contribution in [2.45, 2.75) is 50.3 Å². The molecule has 1 spiro atoms. The second kappa shape index (κ2) is 10.00. The van der Waals surface area contributed by atoms with E-state index < -0.39 is 81.3 Å². The number of likely N-dealkylation sites (tertiary alicyclic amines) is 1. The van der Waals surface area contributed by atoms with Gasteiger partial charge in [-0.1, -0.05) is 0 Å². The van der Waals surface area contributed by atoms with Crippen molar-refractivity contribution < 1.29 is 43.4 Å². The first-order valence-electron chi connectivity index (χ1n) is 14.6. The SMILES string of the molecule is CN(C)[C@@H]1C(=O)C(C(N)=O)C(=O)[C@@]2(O)C(=O)C3C(=O)c4c(O)cc(CN5CCC6(CCNC6=O)CC5)c(F)c4C[C@H]3C[C@@H]12. The number of halogens is 1. The minimum Gasteiger partial charge on any atom is -0.507 e. The number of primary amides is 1. The number of ketones is 4. The van der Waals surface area contributed by atoms with E-state index in [4.69, 9.17) is 5.73 Å². The van der Waals surface area contributed by atoms with Crippen LogP contribution in [0.15, 0.2) is 6.07 Å². The van der Waals surface area contributed by atoms with Gasteiger partial charge in [0.05, 0.1) is 22.9 Å². The second-order valence-corrected chi connectivity index (χ2v) is 13.1. The Morgan fingerprint density at radius 1 is 1.14 bits per heavy atom. The topological polar surface area (TPSA) is 187 Å². The monoisotopic (exact) mass is 598 g/mol. The third kappa shape index (κ3) is 4.11. The average molecular weight is 599 g/mol. The minimum atomic E-state index is -2.83. The van der Waals surface area contributed by atoms with Gasteiger partial charge in [0.25, 0.3) is 0 Å². The standard InChI is InChI=1S/C30H35FN4O8/c1-34(2)22-16-10-13-9-15-19(23(37)18(13)25(39)30(16,43)26(40)20(24(22)38)27(32)41)17(36)11-14(21(15)31)12-35-7-4-29(5-8-35)3-6-33-28(29)42/h11,13,16,18,20,22,36,43H,3-10,12H2,1-2H3,(H2,32,41)(H,33,42)/t13-,16-,18?,20?,22-,30-/m0/s1. The molecule has 5 N–H and O–H groups in total. The number of phenolic OH excluding ortho intramolecular Hbond substituents is 1. The van der Waals surface area contributed by atoms with Gasteiger partial charge in [-0.15, -0.1) is 0 Å². The number of hydrogen-bond donors (Lipinski definition) is 4. The molecule has 2 unspecified atom stereocenters. The number of likely N-dealkylation sites (N-methyl/N-ethyl adjacent to an activating group) is 1. The number of rotatable bonds is 4. The molecule has 5 aliphatic rings. The number of nitrogens with two attached hydrogens (primary N) is 1. The third-order valence-electron chi connectivity index (χ3n) is 10.6. The molecule has 6 rings (SSSR count). The summed E-state index contributed by atoms with van der Waals surface area (Å²) in [6.07, 6.45) is 1.75. The Morgan fingerprint density at radius 2 is 1.81 bits per heavy atom. The van der Waals surface area contributed by atoms with Gasteiger partial charge >= 0.3 is 0 Å². The van der Waals surface area contributed by atoms with Crippen molar-refractivity contribution in [3.05, 3.63) is 28.6 Å². The molecule has 230 valence electrons. The summed E-state index contributed by atoms with van der Waals surface area (Å²) in [6.45, 7) is 1.91. The van der Waals surface area contributed by atoms with Gasteiger partial charge in [0, 0.05) is 30.1 Å². The molecule has 13 heteroatoms. The summed E-state index contributed by atoms with van der Waals surface area (Å²) < 4.78 is 16.1. The first-order valence-corrected chi connectivity index (χ1v) is 14.6. The van der Waals surface area contributed by atoms with Gasteiger partial charge < -0.3 is 21.3 Å². The number of Topliss-reactive ketones (excluding diaryl/α,β-unsaturated/α-hetero) is 4. The number of aliphatic hydroxyl groups is 1. The summed E-state index contributed by atoms with van der Waals surface area (Å²) in [7, 11) is 3.00. The number of hydrogen-bond acceptors (Lipinski definition) is 10. The fourth-order valence-electron chi connectivity index (χ4n) is 8.40. The number of amides is 2. The zero-order chi connectivity index (χ0) is 31.2. The molecule has 43 heavy (non-hydrogen) atoms. The van der Waals surface area contributed by atoms with Crippen LogP contribution in [-0.2, 0) is 36.9 Å². The van der Waals surface area contributed by atoms with Gasteiger partial charge in [0.2, 0.25) is 11.8 Å². The molecule has 1 aromatic carbocycles. The van der Waals surface area contributed by atoms with Crippen molar-refractivity contribution in [1.82, 2.24) is 15.1 Å². The predicted molar refractivity (Wildman–Crippen MR) is 146 cm³/mol. The number of benzene rings is 1. The Bertz CT molecular complexity index is 1480. The Kier molecular flexibility index (Phi) is 6.86. The van der Waals surface area contributed by atoms with Crippen molar-refractivity contribution in [3.63, 3.8) is 0 Å². The van der Waals surface area contributed by atoms with Gasteiger partial charge in [-0.05, 0) is 71.3 Å². The molecule has 3 aliphatic carbocycles. The molecule has 1 aromatic rings. The summed E-state index contributed by atoms with van der Waals surface area (Å²) in [6, 6.07) is -0.0602. The van der Waals surface area contributed by atoms with Crippen LogP contribution in [0.25, 0.3) is 0 Å². The van der Waals surface area contributed by atoms with Crippen LogP contribution in [0.3, 0.4) is 0 Å². The zero-order valence-electron chi connectivity index (χ0n) is 24.0. The maximum Gasteiger partial charge on any atom is 0.235 e. The fourth-order valence-corrected chi connectivity index (χ4v) is 8.40. The summed E-state index contributed by atoms with van der Waals surface area (Å²) in [4.78, 5) is 82.0. The molecular formula is C30H35FN4O8. The maximum absolute atomic E-state index is 16.1. The molecule has 2 heterocycles. The lowest BCUT2D eigenvalue weighted by Gasteiger charge is -2.52. The van der Waals surface area contributed by atoms with E-state index in [0.717, 1.165) is 6.42 Å². The van der Waals surface area contributed by atoms with E-state index in [1.165, 1.54) is 25.1 Å². The summed E-state index contributed by atoms with van der Waals surface area (Å²) in [5, 5.41) is 25.5. The first-order chi connectivity index (χ1) is 20.2. The van der Waals surface area contributed by atoms with Gasteiger partial charge in [0.15, 0.2) is 34.7 Å². The molecule has 0 radical (unpaired) electrons. The summed E-state index contributed by atoms with van der Waals surface area (Å²) in [5.41, 5.74) is 1.86. The van der Waals surface area contributed by atoms with Gasteiger partial charge in [-0.3, -0.25) is 38.6 Å². The minimum absolute atomic E-state index is 0.0481. The smallest absolute Gasteiger partial charge is 0.235 e. The molecule has 0 aromatic heterocycles. The van der Waals surface area contributed by atoms with E-state index in [1.54, 1.807) is 0 Å². The summed E-state index contributed by atoms with van der Waals surface area (Å²) in [5.74, 6) is -12.5. The van der Waals surface area contributed by atoms with E-state index in [-0.39, 0.29) is 42.0 Å². The van der Waals surface area contributed by atoms with Crippen LogP contribution < -0.4 is 11.1 Å². The molecule has 2 aliphatic heterocycles. The predicted octanol–water partition coefficient (Wildman–Crippen LogP) is -0.892. The van der Waals surface area contributed by atoms with E-state index in [0.29, 0.717) is 32.5 Å². The second-order valence-electron chi connectivity index (χ2n) is 13.1. The van der Waals surface area contributed by atoms with Crippen molar-refractivity contribution >= 4 is 34.9 Å². The van der Waals surface area contributed by atoms with Gasteiger partial charge in [0.1, 0.15) is 11.6 Å². The molecule has 2 saturated heterocycles. The maximum atomic E-state index is 16.1. The largest absolute Gasteiger partial charge is 0.507 e. The van der Waals surface area contributed by atoms with Gasteiger partial charge in [-0.2, -0.15) is 0 Å². The van der Waals surface area contributed by atoms with Crippen LogP contribution in [0.4, 0.5) is 4.39 Å². The number of nitrogens with zero attached hydrogens (tertiary/aromatic N) is 2. The molecule has 4 fully saturated rings. The number of piperidine rings is 1. The molecule has 2 amide bonds. The van der Waals surface area contributed by atoms with Crippen LogP contribution in [0.1, 0.15) is 47.2 Å². The highest BCUT2D eigenvalue weighted by atomic mass is 19.1. The van der Waals surface area contributed by atoms with E-state index in [9.17, 15) is 39.0 Å². The number of carbonyl (C=O) groups excluding carboxylic acids is 6. The molecular weight excluding hydrogens is 563 g/mol. The quantitative estimate of drug-likeness (QED) is 0.317. The number of fused-ring (bicyclic) bond motifs is 3. The molecule has 6 atom stereocenters. The van der Waals surface area contributed by atoms with Gasteiger partial charge in [-0.25, -0.2) is 4.39 Å². The Hall–Kier alpha value is -3.55. The number of nitrogens with one attached hydrogen (secondary N) is 1. The number of phenols is 1. The normalized spacial score (nSPS) is 33.8. The van der Waals surface area contributed by atoms with Crippen molar-refractivity contribution in [2.24, 2.45) is 34.8 Å². The van der Waals surface area contributed by atoms with Crippen molar-refractivity contribution in [3.8, 4) is 5.75 Å². The number of carbonyl (C=O) groups is 6. The lowest BCUT2D eigenvalue weighted by molar-refractivity contribution is -0.181. The van der Waals surface area contributed by atoms with Crippen LogP contribution in [-0.4, -0.2) is 100 Å². The van der Waals surface area contributed by atoms with E-state index in [2.05, 4.69) is 5.32 Å². The highest BCUT2D eigenvalue weighted by molar-refractivity contribution is 6.32. The number of aromatic hydroxyl groups is 1. The fraction of sp³-hybridized carbons (Fsp3) is 0.600. The molecule has 12 nitrogen and oxygen atoms in total. The van der Waals surface area contributed by atoms with Crippen molar-refractivity contribution in [2.75, 3.05) is 33.7 Å².